The minimum Gasteiger partial charge on any atom is -0.496 e. The Kier molecular flexibility index (Phi) is 7.27. The molecule has 1 N–H and O–H groups in total. The van der Waals surface area contributed by atoms with Crippen LogP contribution in [0.25, 0.3) is 0 Å². The van der Waals surface area contributed by atoms with E-state index >= 15 is 0 Å². The molecule has 10 heteroatoms. The first-order valence-electron chi connectivity index (χ1n) is 11.1. The average molecular weight is 471 g/mol. The van der Waals surface area contributed by atoms with Crippen LogP contribution in [-0.4, -0.2) is 85.0 Å². The van der Waals surface area contributed by atoms with Crippen molar-refractivity contribution >= 4 is 17.8 Å². The van der Waals surface area contributed by atoms with E-state index in [-0.39, 0.29) is 24.8 Å². The molecule has 2 aliphatic rings. The number of methoxy groups -OCH3 is 1. The monoisotopic (exact) mass is 470 g/mol. The Morgan fingerprint density at radius 2 is 1.88 bits per heavy atom. The van der Waals surface area contributed by atoms with Gasteiger partial charge in [-0.1, -0.05) is 18.2 Å². The second-order valence-electron chi connectivity index (χ2n) is 8.11. The van der Waals surface area contributed by atoms with Gasteiger partial charge < -0.3 is 19.7 Å². The van der Waals surface area contributed by atoms with Crippen LogP contribution < -0.4 is 14.8 Å². The van der Waals surface area contributed by atoms with E-state index in [4.69, 9.17) is 9.47 Å². The summed E-state index contributed by atoms with van der Waals surface area (Å²) in [5, 5.41) is 2.74. The Morgan fingerprint density at radius 3 is 2.65 bits per heavy atom. The van der Waals surface area contributed by atoms with Crippen molar-refractivity contribution in [2.45, 2.75) is 12.6 Å². The zero-order valence-corrected chi connectivity index (χ0v) is 18.9. The predicted octanol–water partition coefficient (Wildman–Crippen LogP) is 1.48. The predicted molar refractivity (Wildman–Crippen MR) is 121 cm³/mol. The third-order valence-corrected chi connectivity index (χ3v) is 5.95. The first kappa shape index (κ1) is 23.5. The summed E-state index contributed by atoms with van der Waals surface area (Å²) in [6.45, 7) is 2.19. The lowest BCUT2D eigenvalue weighted by Gasteiger charge is -2.35. The van der Waals surface area contributed by atoms with E-state index in [1.54, 1.807) is 25.3 Å². The molecule has 2 aliphatic heterocycles. The summed E-state index contributed by atoms with van der Waals surface area (Å²) < 4.78 is 23.9. The number of hydrogen-bond donors (Lipinski definition) is 1. The van der Waals surface area contributed by atoms with Gasteiger partial charge in [0.2, 0.25) is 5.91 Å². The van der Waals surface area contributed by atoms with Gasteiger partial charge in [0.1, 0.15) is 36.5 Å². The maximum Gasteiger partial charge on any atom is 0.328 e. The largest absolute Gasteiger partial charge is 0.496 e. The Hall–Kier alpha value is -3.66. The lowest BCUT2D eigenvalue weighted by molar-refractivity contribution is -0.133. The number of urea groups is 1. The number of imide groups is 1. The normalized spacial score (nSPS) is 18.1. The molecule has 0 saturated carbocycles. The van der Waals surface area contributed by atoms with Crippen LogP contribution >= 0.6 is 0 Å². The van der Waals surface area contributed by atoms with Crippen molar-refractivity contribution in [2.24, 2.45) is 0 Å². The highest BCUT2D eigenvalue weighted by atomic mass is 19.1. The van der Waals surface area contributed by atoms with Gasteiger partial charge in [0.05, 0.1) is 7.11 Å². The Morgan fingerprint density at radius 1 is 1.12 bits per heavy atom. The van der Waals surface area contributed by atoms with Gasteiger partial charge in [-0.25, -0.2) is 9.18 Å². The molecule has 2 aromatic rings. The number of nitrogens with one attached hydrogen (secondary N) is 1. The number of nitrogens with zero attached hydrogens (tertiary/aromatic N) is 3. The number of carbonyl (C=O) groups excluding carboxylic acids is 3. The number of carbonyl (C=O) groups is 3. The van der Waals surface area contributed by atoms with E-state index in [2.05, 4.69) is 5.32 Å². The zero-order chi connectivity index (χ0) is 24.1. The number of halogens is 1. The van der Waals surface area contributed by atoms with Crippen LogP contribution in [0, 0.1) is 5.82 Å². The van der Waals surface area contributed by atoms with Crippen LogP contribution in [0.4, 0.5) is 9.18 Å². The molecule has 4 rings (SSSR count). The van der Waals surface area contributed by atoms with Crippen LogP contribution in [-0.2, 0) is 16.1 Å². The molecule has 0 aromatic heterocycles. The van der Waals surface area contributed by atoms with E-state index in [1.807, 2.05) is 23.1 Å². The molecule has 180 valence electrons. The molecule has 34 heavy (non-hydrogen) atoms. The number of amides is 4. The fourth-order valence-corrected chi connectivity index (χ4v) is 4.12. The summed E-state index contributed by atoms with van der Waals surface area (Å²) in [5.41, 5.74) is 0.799. The maximum atomic E-state index is 13.0. The number of piperazine rings is 1. The minimum atomic E-state index is -0.617. The number of benzene rings is 2. The number of para-hydroxylation sites is 1. The van der Waals surface area contributed by atoms with E-state index in [9.17, 15) is 18.8 Å². The SMILES string of the molecule is COc1ccccc1CNC(=O)CN1C(=O)C2CN(CCOc3ccc(F)cc3)CCN2C1=O. The number of hydrogen-bond acceptors (Lipinski definition) is 6. The summed E-state index contributed by atoms with van der Waals surface area (Å²) in [7, 11) is 1.55. The molecule has 4 amide bonds. The van der Waals surface area contributed by atoms with Crippen molar-refractivity contribution in [1.82, 2.24) is 20.0 Å². The summed E-state index contributed by atoms with van der Waals surface area (Å²) in [6.07, 6.45) is 0. The molecular formula is C24H27FN4O5. The first-order valence-corrected chi connectivity index (χ1v) is 11.1. The van der Waals surface area contributed by atoms with Gasteiger partial charge in [0.15, 0.2) is 0 Å². The standard InChI is InChI=1S/C24H27FN4O5/c1-33-21-5-3-2-4-17(21)14-26-22(30)16-29-23(31)20-15-27(10-11-28(20)24(29)32)12-13-34-19-8-6-18(25)7-9-19/h2-9,20H,10-16H2,1H3,(H,26,30). The molecule has 2 heterocycles. The van der Waals surface area contributed by atoms with Crippen molar-refractivity contribution < 1.29 is 28.2 Å². The molecule has 1 unspecified atom stereocenters. The van der Waals surface area contributed by atoms with Gasteiger partial charge >= 0.3 is 6.03 Å². The Bertz CT molecular complexity index is 1050. The van der Waals surface area contributed by atoms with Gasteiger partial charge in [0, 0.05) is 38.3 Å². The lowest BCUT2D eigenvalue weighted by atomic mass is 10.2. The van der Waals surface area contributed by atoms with Crippen LogP contribution in [0.1, 0.15) is 5.56 Å². The third-order valence-electron chi connectivity index (χ3n) is 5.95. The van der Waals surface area contributed by atoms with Crippen molar-refractivity contribution in [3.8, 4) is 11.5 Å². The molecule has 0 radical (unpaired) electrons. The lowest BCUT2D eigenvalue weighted by Crippen LogP contribution is -2.53. The number of ether oxygens (including phenoxy) is 2. The fourth-order valence-electron chi connectivity index (χ4n) is 4.12. The van der Waals surface area contributed by atoms with Crippen LogP contribution in [0.3, 0.4) is 0 Å². The van der Waals surface area contributed by atoms with Gasteiger partial charge in [-0.15, -0.1) is 0 Å². The summed E-state index contributed by atoms with van der Waals surface area (Å²) >= 11 is 0. The molecule has 0 aliphatic carbocycles. The second-order valence-corrected chi connectivity index (χ2v) is 8.11. The van der Waals surface area contributed by atoms with E-state index in [0.717, 1.165) is 10.5 Å². The number of rotatable bonds is 9. The van der Waals surface area contributed by atoms with E-state index in [1.165, 1.54) is 17.0 Å². The minimum absolute atomic E-state index is 0.230. The van der Waals surface area contributed by atoms with Crippen molar-refractivity contribution in [3.63, 3.8) is 0 Å². The fraction of sp³-hybridized carbons (Fsp3) is 0.375. The van der Waals surface area contributed by atoms with Gasteiger partial charge in [0.25, 0.3) is 5.91 Å². The second kappa shape index (κ2) is 10.5. The molecular weight excluding hydrogens is 443 g/mol. The molecule has 2 fully saturated rings. The number of fused-ring (bicyclic) bond motifs is 1. The van der Waals surface area contributed by atoms with E-state index < -0.39 is 18.0 Å². The first-order chi connectivity index (χ1) is 16.5. The molecule has 9 nitrogen and oxygen atoms in total. The van der Waals surface area contributed by atoms with Crippen LogP contribution in [0.2, 0.25) is 0 Å². The average Bonchev–Trinajstić information content (AvgIpc) is 3.08. The summed E-state index contributed by atoms with van der Waals surface area (Å²) in [4.78, 5) is 42.7. The Balaban J connectivity index is 1.27. The molecule has 1 atom stereocenters. The van der Waals surface area contributed by atoms with Crippen LogP contribution in [0.15, 0.2) is 48.5 Å². The quantitative estimate of drug-likeness (QED) is 0.559. The van der Waals surface area contributed by atoms with E-state index in [0.29, 0.717) is 44.3 Å². The van der Waals surface area contributed by atoms with Crippen molar-refractivity contribution in [1.29, 1.82) is 0 Å². The highest BCUT2D eigenvalue weighted by Gasteiger charge is 2.48. The molecule has 2 saturated heterocycles. The molecule has 2 aromatic carbocycles. The smallest absolute Gasteiger partial charge is 0.328 e. The summed E-state index contributed by atoms with van der Waals surface area (Å²) in [6, 6.07) is 12.0. The summed E-state index contributed by atoms with van der Waals surface area (Å²) in [5.74, 6) is 0.0961. The Labute approximate surface area is 197 Å². The third kappa shape index (κ3) is 5.28. The van der Waals surface area contributed by atoms with Gasteiger partial charge in [-0.3, -0.25) is 19.4 Å². The van der Waals surface area contributed by atoms with Gasteiger partial charge in [-0.2, -0.15) is 0 Å². The van der Waals surface area contributed by atoms with Crippen LogP contribution in [0.5, 0.6) is 11.5 Å². The molecule has 0 spiro atoms. The highest BCUT2D eigenvalue weighted by molar-refractivity contribution is 6.06. The van der Waals surface area contributed by atoms with Gasteiger partial charge in [-0.05, 0) is 30.3 Å². The van der Waals surface area contributed by atoms with Crippen molar-refractivity contribution in [3.05, 3.63) is 59.9 Å². The molecule has 0 bridgehead atoms. The topological polar surface area (TPSA) is 91.4 Å². The zero-order valence-electron chi connectivity index (χ0n) is 18.9. The maximum absolute atomic E-state index is 13.0. The highest BCUT2D eigenvalue weighted by Crippen LogP contribution is 2.22. The van der Waals surface area contributed by atoms with Crippen molar-refractivity contribution in [2.75, 3.05) is 46.4 Å².